The molecule has 5 heteroatoms. The number of esters is 2. The summed E-state index contributed by atoms with van der Waals surface area (Å²) in [4.78, 5) is 24.4. The summed E-state index contributed by atoms with van der Waals surface area (Å²) in [6.45, 7) is 4.04. The van der Waals surface area contributed by atoms with E-state index in [1.165, 1.54) is 128 Å². The number of ether oxygens (including phenoxy) is 2. The van der Waals surface area contributed by atoms with Crippen molar-refractivity contribution >= 4 is 11.9 Å². The molecule has 1 atom stereocenters. The van der Waals surface area contributed by atoms with Gasteiger partial charge in [-0.25, -0.2) is 0 Å². The van der Waals surface area contributed by atoms with Gasteiger partial charge in [0.25, 0.3) is 0 Å². The lowest BCUT2D eigenvalue weighted by Crippen LogP contribution is -2.28. The third kappa shape index (κ3) is 47.9. The highest BCUT2D eigenvalue weighted by Gasteiger charge is 2.16. The maximum absolute atomic E-state index is 12.3. The van der Waals surface area contributed by atoms with Crippen molar-refractivity contribution in [2.75, 3.05) is 13.2 Å². The molecule has 0 aliphatic heterocycles. The van der Waals surface area contributed by atoms with Gasteiger partial charge in [-0.2, -0.15) is 0 Å². The topological polar surface area (TPSA) is 72.8 Å². The van der Waals surface area contributed by atoms with E-state index in [1.807, 2.05) is 0 Å². The van der Waals surface area contributed by atoms with Crippen molar-refractivity contribution in [2.24, 2.45) is 0 Å². The molecule has 0 aliphatic rings. The summed E-state index contributed by atoms with van der Waals surface area (Å²) in [5, 5.41) is 9.62. The second-order valence-corrected chi connectivity index (χ2v) is 16.5. The van der Waals surface area contributed by atoms with Crippen LogP contribution in [0, 0.1) is 0 Å². The highest BCUT2D eigenvalue weighted by molar-refractivity contribution is 5.70. The average Bonchev–Trinajstić information content (AvgIpc) is 3.24. The Morgan fingerprint density at radius 1 is 0.407 bits per heavy atom. The molecule has 0 aliphatic carbocycles. The molecule has 340 valence electrons. The smallest absolute Gasteiger partial charge is 0.306 e. The molecule has 1 unspecified atom stereocenters. The van der Waals surface area contributed by atoms with Crippen molar-refractivity contribution in [3.05, 3.63) is 72.9 Å². The van der Waals surface area contributed by atoms with E-state index in [4.69, 9.17) is 9.47 Å². The number of carbonyl (C=O) groups is 2. The zero-order valence-corrected chi connectivity index (χ0v) is 38.7. The fourth-order valence-electron chi connectivity index (χ4n) is 7.03. The first-order valence-corrected chi connectivity index (χ1v) is 25.0. The van der Waals surface area contributed by atoms with Crippen LogP contribution in [0.5, 0.6) is 0 Å². The lowest BCUT2D eigenvalue weighted by atomic mass is 10.0. The number of aliphatic hydroxyl groups is 1. The van der Waals surface area contributed by atoms with Crippen molar-refractivity contribution in [3.8, 4) is 0 Å². The Morgan fingerprint density at radius 3 is 1.10 bits per heavy atom. The summed E-state index contributed by atoms with van der Waals surface area (Å²) >= 11 is 0. The van der Waals surface area contributed by atoms with Crippen LogP contribution in [0.25, 0.3) is 0 Å². The molecule has 0 aromatic rings. The summed E-state index contributed by atoms with van der Waals surface area (Å²) in [7, 11) is 0. The Balaban J connectivity index is 3.55. The van der Waals surface area contributed by atoms with E-state index in [9.17, 15) is 14.7 Å². The number of rotatable bonds is 45. The lowest BCUT2D eigenvalue weighted by molar-refractivity contribution is -0.161. The van der Waals surface area contributed by atoms with Crippen LogP contribution in [0.4, 0.5) is 0 Å². The molecular weight excluding hydrogens is 729 g/mol. The van der Waals surface area contributed by atoms with Crippen LogP contribution < -0.4 is 0 Å². The van der Waals surface area contributed by atoms with Gasteiger partial charge in [-0.05, 0) is 64.2 Å². The van der Waals surface area contributed by atoms with Crippen LogP contribution in [-0.2, 0) is 19.1 Å². The van der Waals surface area contributed by atoms with E-state index in [-0.39, 0.29) is 25.2 Å². The number of aliphatic hydroxyl groups excluding tert-OH is 1. The van der Waals surface area contributed by atoms with Gasteiger partial charge in [-0.3, -0.25) is 9.59 Å². The van der Waals surface area contributed by atoms with Crippen LogP contribution in [0.15, 0.2) is 72.9 Å². The predicted molar refractivity (Wildman–Crippen MR) is 256 cm³/mol. The van der Waals surface area contributed by atoms with E-state index < -0.39 is 6.10 Å². The molecule has 59 heavy (non-hydrogen) atoms. The monoisotopic (exact) mass is 823 g/mol. The van der Waals surface area contributed by atoms with Gasteiger partial charge in [0.05, 0.1) is 6.61 Å². The Bertz CT molecular complexity index is 1070. The maximum Gasteiger partial charge on any atom is 0.306 e. The van der Waals surface area contributed by atoms with Crippen LogP contribution in [0.1, 0.15) is 239 Å². The largest absolute Gasteiger partial charge is 0.462 e. The van der Waals surface area contributed by atoms with Crippen LogP contribution in [0.2, 0.25) is 0 Å². The third-order valence-electron chi connectivity index (χ3n) is 10.8. The minimum atomic E-state index is -0.778. The fourth-order valence-corrected chi connectivity index (χ4v) is 7.03. The number of allylic oxidation sites excluding steroid dienone is 12. The molecule has 0 rings (SSSR count). The molecule has 0 heterocycles. The van der Waals surface area contributed by atoms with Gasteiger partial charge in [0.2, 0.25) is 0 Å². The molecule has 0 aromatic heterocycles. The summed E-state index contributed by atoms with van der Waals surface area (Å²) < 4.78 is 10.7. The van der Waals surface area contributed by atoms with Gasteiger partial charge in [0, 0.05) is 12.8 Å². The molecule has 0 saturated heterocycles. The third-order valence-corrected chi connectivity index (χ3v) is 10.8. The first-order chi connectivity index (χ1) is 29.1. The molecule has 5 nitrogen and oxygen atoms in total. The minimum Gasteiger partial charge on any atom is -0.462 e. The zero-order valence-electron chi connectivity index (χ0n) is 38.7. The molecule has 0 fully saturated rings. The van der Waals surface area contributed by atoms with Crippen molar-refractivity contribution < 1.29 is 24.2 Å². The van der Waals surface area contributed by atoms with Crippen molar-refractivity contribution in [1.82, 2.24) is 0 Å². The van der Waals surface area contributed by atoms with Gasteiger partial charge in [0.15, 0.2) is 6.10 Å². The Labute approximate surface area is 365 Å². The number of hydrogen-bond donors (Lipinski definition) is 1. The van der Waals surface area contributed by atoms with Crippen LogP contribution >= 0.6 is 0 Å². The predicted octanol–water partition coefficient (Wildman–Crippen LogP) is 16.5. The van der Waals surface area contributed by atoms with Gasteiger partial charge < -0.3 is 14.6 Å². The van der Waals surface area contributed by atoms with Gasteiger partial charge in [-0.15, -0.1) is 0 Å². The second-order valence-electron chi connectivity index (χ2n) is 16.5. The standard InChI is InChI=1S/C54H94O5/c1-3-5-7-9-11-13-15-17-19-21-23-24-25-26-27-28-29-30-31-33-35-37-39-41-43-45-47-49-54(57)59-52(50-55)51-58-53(56)48-46-44-42-40-38-36-34-32-22-20-18-16-14-12-10-8-6-4-2/h5,7,11,13,17,19,23-24,26-27,29-30,52,55H,3-4,6,8-10,12,14-16,18,20-22,25,28,31-51H2,1-2H3/b7-5-,13-11-,19-17-,24-23-,27-26-,30-29-. The normalized spacial score (nSPS) is 12.8. The summed E-state index contributed by atoms with van der Waals surface area (Å²) in [6, 6.07) is 0. The van der Waals surface area contributed by atoms with Crippen molar-refractivity contribution in [2.45, 2.75) is 245 Å². The molecule has 0 aromatic carbocycles. The summed E-state index contributed by atoms with van der Waals surface area (Å²) in [5.41, 5.74) is 0. The van der Waals surface area contributed by atoms with Crippen LogP contribution in [-0.4, -0.2) is 36.4 Å². The number of unbranched alkanes of at least 4 members (excludes halogenated alkanes) is 25. The van der Waals surface area contributed by atoms with Crippen LogP contribution in [0.3, 0.4) is 0 Å². The van der Waals surface area contributed by atoms with E-state index in [1.54, 1.807) is 0 Å². The first kappa shape index (κ1) is 56.3. The van der Waals surface area contributed by atoms with Crippen molar-refractivity contribution in [3.63, 3.8) is 0 Å². The maximum atomic E-state index is 12.3. The number of hydrogen-bond acceptors (Lipinski definition) is 5. The van der Waals surface area contributed by atoms with Gasteiger partial charge >= 0.3 is 11.9 Å². The summed E-state index contributed by atoms with van der Waals surface area (Å²) in [5.74, 6) is -0.595. The highest BCUT2D eigenvalue weighted by Crippen LogP contribution is 2.16. The Kier molecular flexibility index (Phi) is 47.5. The fraction of sp³-hybridized carbons (Fsp3) is 0.741. The minimum absolute atomic E-state index is 0.0692. The van der Waals surface area contributed by atoms with E-state index in [0.29, 0.717) is 12.8 Å². The molecule has 0 bridgehead atoms. The average molecular weight is 823 g/mol. The number of carbonyl (C=O) groups excluding carboxylic acids is 2. The first-order valence-electron chi connectivity index (χ1n) is 25.0. The highest BCUT2D eigenvalue weighted by atomic mass is 16.6. The molecular formula is C54H94O5. The molecule has 0 spiro atoms. The van der Waals surface area contributed by atoms with E-state index in [2.05, 4.69) is 86.8 Å². The summed E-state index contributed by atoms with van der Waals surface area (Å²) in [6.07, 6.45) is 67.0. The lowest BCUT2D eigenvalue weighted by Gasteiger charge is -2.15. The van der Waals surface area contributed by atoms with Crippen molar-refractivity contribution in [1.29, 1.82) is 0 Å². The SMILES string of the molecule is CC/C=C\C/C=C\C/C=C\C/C=C\C/C=C\C/C=C\CCCCCCCCCCC(=O)OC(CO)COC(=O)CCCCCCCCCCCCCCCCCCCC. The van der Waals surface area contributed by atoms with Gasteiger partial charge in [0.1, 0.15) is 6.61 Å². The zero-order chi connectivity index (χ0) is 42.8. The van der Waals surface area contributed by atoms with E-state index in [0.717, 1.165) is 83.5 Å². The Hall–Kier alpha value is -2.66. The molecule has 1 N–H and O–H groups in total. The Morgan fingerprint density at radius 2 is 0.729 bits per heavy atom. The second kappa shape index (κ2) is 49.7. The molecule has 0 amide bonds. The van der Waals surface area contributed by atoms with Gasteiger partial charge in [-0.1, -0.05) is 234 Å². The van der Waals surface area contributed by atoms with E-state index >= 15 is 0 Å². The molecule has 0 radical (unpaired) electrons. The quantitative estimate of drug-likeness (QED) is 0.0376. The molecule has 0 saturated carbocycles.